The molecule has 2 atom stereocenters. The van der Waals surface area contributed by atoms with Crippen molar-refractivity contribution in [3.63, 3.8) is 0 Å². The minimum Gasteiger partial charge on any atom is -0.392 e. The summed E-state index contributed by atoms with van der Waals surface area (Å²) >= 11 is 0. The van der Waals surface area contributed by atoms with Crippen molar-refractivity contribution in [3.8, 4) is 0 Å². The molecule has 2 unspecified atom stereocenters. The molecule has 0 aromatic heterocycles. The molecule has 0 aromatic rings. The van der Waals surface area contributed by atoms with Crippen LogP contribution < -0.4 is 0 Å². The first kappa shape index (κ1) is 15.0. The summed E-state index contributed by atoms with van der Waals surface area (Å²) < 4.78 is 0. The monoisotopic (exact) mass is 241 g/mol. The Bertz CT molecular complexity index is 199. The third-order valence-electron chi connectivity index (χ3n) is 4.79. The van der Waals surface area contributed by atoms with E-state index in [4.69, 9.17) is 0 Å². The smallest absolute Gasteiger partial charge is 0.0692 e. The first-order valence-corrected chi connectivity index (χ1v) is 7.46. The molecule has 102 valence electrons. The van der Waals surface area contributed by atoms with Crippen LogP contribution in [0.4, 0.5) is 0 Å². The van der Waals surface area contributed by atoms with Crippen molar-refractivity contribution < 1.29 is 5.11 Å². The summed E-state index contributed by atoms with van der Waals surface area (Å²) in [7, 11) is 2.18. The van der Waals surface area contributed by atoms with E-state index in [0.29, 0.717) is 12.0 Å². The van der Waals surface area contributed by atoms with Crippen LogP contribution in [0.2, 0.25) is 0 Å². The van der Waals surface area contributed by atoms with Gasteiger partial charge in [0.05, 0.1) is 6.10 Å². The van der Waals surface area contributed by atoms with Crippen molar-refractivity contribution in [2.24, 2.45) is 11.8 Å². The molecule has 0 heterocycles. The van der Waals surface area contributed by atoms with Crippen LogP contribution in [0.1, 0.15) is 59.3 Å². The fourth-order valence-corrected chi connectivity index (χ4v) is 2.89. The van der Waals surface area contributed by atoms with Crippen LogP contribution in [-0.4, -0.2) is 35.7 Å². The Morgan fingerprint density at radius 3 is 2.24 bits per heavy atom. The molecule has 1 saturated carbocycles. The van der Waals surface area contributed by atoms with Crippen molar-refractivity contribution in [2.45, 2.75) is 71.4 Å². The highest BCUT2D eigenvalue weighted by Gasteiger charge is 2.25. The van der Waals surface area contributed by atoms with Gasteiger partial charge in [0.2, 0.25) is 0 Å². The Kier molecular flexibility index (Phi) is 6.50. The molecule has 2 heteroatoms. The van der Waals surface area contributed by atoms with E-state index in [1.54, 1.807) is 0 Å². The average Bonchev–Trinajstić information content (AvgIpc) is 2.37. The molecule has 1 aliphatic rings. The van der Waals surface area contributed by atoms with Gasteiger partial charge in [0.25, 0.3) is 0 Å². The van der Waals surface area contributed by atoms with E-state index in [0.717, 1.165) is 18.9 Å². The lowest BCUT2D eigenvalue weighted by molar-refractivity contribution is 0.0510. The van der Waals surface area contributed by atoms with Gasteiger partial charge >= 0.3 is 0 Å². The summed E-state index contributed by atoms with van der Waals surface area (Å²) in [5.74, 6) is 1.38. The Morgan fingerprint density at radius 1 is 1.18 bits per heavy atom. The zero-order chi connectivity index (χ0) is 12.8. The number of hydrogen-bond acceptors (Lipinski definition) is 2. The van der Waals surface area contributed by atoms with E-state index in [1.165, 1.54) is 32.1 Å². The van der Waals surface area contributed by atoms with E-state index >= 15 is 0 Å². The van der Waals surface area contributed by atoms with Crippen LogP contribution in [0.15, 0.2) is 0 Å². The molecule has 0 bridgehead atoms. The SMILES string of the molecule is CCC1CCC(N(C)CC(O)C(C)CC)CC1. The van der Waals surface area contributed by atoms with Crippen LogP contribution in [0.3, 0.4) is 0 Å². The van der Waals surface area contributed by atoms with Crippen LogP contribution in [0.5, 0.6) is 0 Å². The summed E-state index contributed by atoms with van der Waals surface area (Å²) in [6.45, 7) is 7.45. The minimum atomic E-state index is -0.158. The predicted molar refractivity (Wildman–Crippen MR) is 74.1 cm³/mol. The van der Waals surface area contributed by atoms with Gasteiger partial charge in [-0.25, -0.2) is 0 Å². The third kappa shape index (κ3) is 4.59. The summed E-state index contributed by atoms with van der Waals surface area (Å²) in [6.07, 6.45) is 7.65. The second-order valence-corrected chi connectivity index (χ2v) is 5.98. The standard InChI is InChI=1S/C15H31NO/c1-5-12(3)15(17)11-16(4)14-9-7-13(6-2)8-10-14/h12-15,17H,5-11H2,1-4H3. The lowest BCUT2D eigenvalue weighted by atomic mass is 9.84. The first-order chi connectivity index (χ1) is 8.08. The zero-order valence-electron chi connectivity index (χ0n) is 12.2. The highest BCUT2D eigenvalue weighted by atomic mass is 16.3. The Morgan fingerprint density at radius 2 is 1.76 bits per heavy atom. The maximum absolute atomic E-state index is 10.1. The third-order valence-corrected chi connectivity index (χ3v) is 4.79. The van der Waals surface area contributed by atoms with E-state index in [2.05, 4.69) is 32.7 Å². The van der Waals surface area contributed by atoms with E-state index < -0.39 is 0 Å². The molecule has 17 heavy (non-hydrogen) atoms. The number of hydrogen-bond donors (Lipinski definition) is 1. The quantitative estimate of drug-likeness (QED) is 0.771. The molecule has 1 N–H and O–H groups in total. The number of aliphatic hydroxyl groups is 1. The Hall–Kier alpha value is -0.0800. The van der Waals surface area contributed by atoms with Gasteiger partial charge in [-0.3, -0.25) is 0 Å². The Labute approximate surface area is 107 Å². The molecule has 0 amide bonds. The van der Waals surface area contributed by atoms with Crippen LogP contribution in [0, 0.1) is 11.8 Å². The van der Waals surface area contributed by atoms with E-state index in [1.807, 2.05) is 0 Å². The number of aliphatic hydroxyl groups excluding tert-OH is 1. The van der Waals surface area contributed by atoms with Crippen molar-refractivity contribution >= 4 is 0 Å². The summed E-state index contributed by atoms with van der Waals surface area (Å²) in [5, 5.41) is 10.1. The maximum atomic E-state index is 10.1. The molecule has 1 rings (SSSR count). The van der Waals surface area contributed by atoms with Gasteiger partial charge in [-0.2, -0.15) is 0 Å². The predicted octanol–water partition coefficient (Wildman–Crippen LogP) is 3.29. The highest BCUT2D eigenvalue weighted by Crippen LogP contribution is 2.29. The second-order valence-electron chi connectivity index (χ2n) is 5.98. The molecule has 0 aliphatic heterocycles. The molecule has 1 aliphatic carbocycles. The first-order valence-electron chi connectivity index (χ1n) is 7.46. The second kappa shape index (κ2) is 7.38. The molecule has 2 nitrogen and oxygen atoms in total. The van der Waals surface area contributed by atoms with E-state index in [-0.39, 0.29) is 6.10 Å². The molecular weight excluding hydrogens is 210 g/mol. The van der Waals surface area contributed by atoms with Gasteiger partial charge in [0.15, 0.2) is 0 Å². The van der Waals surface area contributed by atoms with Gasteiger partial charge in [-0.05, 0) is 44.6 Å². The van der Waals surface area contributed by atoms with Crippen LogP contribution in [-0.2, 0) is 0 Å². The molecule has 0 radical (unpaired) electrons. The number of nitrogens with zero attached hydrogens (tertiary/aromatic N) is 1. The summed E-state index contributed by atoms with van der Waals surface area (Å²) in [5.41, 5.74) is 0. The van der Waals surface area contributed by atoms with Crippen molar-refractivity contribution in [2.75, 3.05) is 13.6 Å². The van der Waals surface area contributed by atoms with Gasteiger partial charge < -0.3 is 10.0 Å². The van der Waals surface area contributed by atoms with Crippen LogP contribution >= 0.6 is 0 Å². The van der Waals surface area contributed by atoms with Gasteiger partial charge in [0.1, 0.15) is 0 Å². The Balaban J connectivity index is 2.31. The lowest BCUT2D eigenvalue weighted by Crippen LogP contribution is -2.41. The van der Waals surface area contributed by atoms with Gasteiger partial charge in [-0.1, -0.05) is 33.6 Å². The molecule has 0 aromatic carbocycles. The van der Waals surface area contributed by atoms with Gasteiger partial charge in [0, 0.05) is 12.6 Å². The maximum Gasteiger partial charge on any atom is 0.0692 e. The number of rotatable bonds is 6. The van der Waals surface area contributed by atoms with Crippen LogP contribution in [0.25, 0.3) is 0 Å². The minimum absolute atomic E-state index is 0.158. The fraction of sp³-hybridized carbons (Fsp3) is 1.00. The molecule has 0 saturated heterocycles. The molecular formula is C15H31NO. The van der Waals surface area contributed by atoms with E-state index in [9.17, 15) is 5.11 Å². The molecule has 1 fully saturated rings. The summed E-state index contributed by atoms with van der Waals surface area (Å²) in [4.78, 5) is 2.39. The van der Waals surface area contributed by atoms with Crippen molar-refractivity contribution in [1.29, 1.82) is 0 Å². The highest BCUT2D eigenvalue weighted by molar-refractivity contribution is 4.79. The summed E-state index contributed by atoms with van der Waals surface area (Å²) in [6, 6.07) is 0.705. The average molecular weight is 241 g/mol. The van der Waals surface area contributed by atoms with Crippen molar-refractivity contribution in [3.05, 3.63) is 0 Å². The lowest BCUT2D eigenvalue weighted by Gasteiger charge is -2.36. The normalized spacial score (nSPS) is 29.3. The number of likely N-dealkylation sites (N-methyl/N-ethyl adjacent to an activating group) is 1. The van der Waals surface area contributed by atoms with Gasteiger partial charge in [-0.15, -0.1) is 0 Å². The molecule has 0 spiro atoms. The largest absolute Gasteiger partial charge is 0.392 e. The fourth-order valence-electron chi connectivity index (χ4n) is 2.89. The van der Waals surface area contributed by atoms with Crippen molar-refractivity contribution in [1.82, 2.24) is 4.90 Å². The topological polar surface area (TPSA) is 23.5 Å². The zero-order valence-corrected chi connectivity index (χ0v) is 12.2.